The first-order valence-corrected chi connectivity index (χ1v) is 6.12. The van der Waals surface area contributed by atoms with E-state index in [1.165, 1.54) is 0 Å². The lowest BCUT2D eigenvalue weighted by molar-refractivity contribution is 0.990. The van der Waals surface area contributed by atoms with Gasteiger partial charge in [0.25, 0.3) is 5.56 Å². The molecule has 0 unspecified atom stereocenters. The minimum absolute atomic E-state index is 0. The number of alkyl halides is 1. The Balaban J connectivity index is 0.00000180. The summed E-state index contributed by atoms with van der Waals surface area (Å²) in [6.45, 7) is 1.79. The zero-order chi connectivity index (χ0) is 13.1. The molecule has 0 amide bonds. The summed E-state index contributed by atoms with van der Waals surface area (Å²) < 4.78 is 0. The quantitative estimate of drug-likeness (QED) is 0.855. The van der Waals surface area contributed by atoms with Crippen molar-refractivity contribution in [1.29, 1.82) is 0 Å². The number of benzene rings is 1. The van der Waals surface area contributed by atoms with E-state index < -0.39 is 0 Å². The number of nitrogens with zero attached hydrogens (tertiary/aromatic N) is 1. The molecule has 0 aliphatic rings. The second-order valence-corrected chi connectivity index (χ2v) is 4.41. The molecule has 0 bridgehead atoms. The van der Waals surface area contributed by atoms with Crippen molar-refractivity contribution in [3.8, 4) is 0 Å². The molecule has 1 heterocycles. The molecule has 6 heteroatoms. The van der Waals surface area contributed by atoms with E-state index in [0.29, 0.717) is 23.6 Å². The maximum atomic E-state index is 11.8. The Morgan fingerprint density at radius 3 is 2.37 bits per heavy atom. The predicted octanol–water partition coefficient (Wildman–Crippen LogP) is 2.41. The first kappa shape index (κ1) is 15.5. The van der Waals surface area contributed by atoms with Gasteiger partial charge in [-0.05, 0) is 18.1 Å². The van der Waals surface area contributed by atoms with Gasteiger partial charge >= 0.3 is 0 Å². The summed E-state index contributed by atoms with van der Waals surface area (Å²) in [5, 5.41) is 0. The van der Waals surface area contributed by atoms with E-state index in [4.69, 9.17) is 17.3 Å². The Bertz CT molecular complexity index is 608. The molecule has 0 radical (unpaired) electrons. The van der Waals surface area contributed by atoms with Gasteiger partial charge in [-0.2, -0.15) is 0 Å². The Labute approximate surface area is 122 Å². The number of rotatable bonds is 3. The van der Waals surface area contributed by atoms with Gasteiger partial charge in [0.05, 0.1) is 5.69 Å². The lowest BCUT2D eigenvalue weighted by atomic mass is 10.0. The van der Waals surface area contributed by atoms with Gasteiger partial charge in [-0.3, -0.25) is 9.78 Å². The standard InChI is InChI=1S/C13H14ClN3O.ClH/c1-8-11(12(18)17-13(15)16-8)6-9-2-4-10(7-14)5-3-9;/h2-5H,6-7H2,1H3,(H3,15,16,17,18);1H. The molecule has 0 aliphatic carbocycles. The van der Waals surface area contributed by atoms with Gasteiger partial charge < -0.3 is 5.73 Å². The van der Waals surface area contributed by atoms with E-state index in [9.17, 15) is 4.79 Å². The second kappa shape index (κ2) is 6.59. The summed E-state index contributed by atoms with van der Waals surface area (Å²) in [4.78, 5) is 18.4. The molecule has 4 nitrogen and oxygen atoms in total. The van der Waals surface area contributed by atoms with Crippen LogP contribution in [0.3, 0.4) is 0 Å². The number of hydrogen-bond acceptors (Lipinski definition) is 3. The molecular formula is C13H15Cl2N3O. The highest BCUT2D eigenvalue weighted by atomic mass is 35.5. The third kappa shape index (κ3) is 3.72. The molecule has 0 saturated heterocycles. The number of aromatic amines is 1. The van der Waals surface area contributed by atoms with Crippen LogP contribution in [0.1, 0.15) is 22.4 Å². The molecule has 19 heavy (non-hydrogen) atoms. The maximum Gasteiger partial charge on any atom is 0.256 e. The predicted molar refractivity (Wildman–Crippen MR) is 80.1 cm³/mol. The highest BCUT2D eigenvalue weighted by molar-refractivity contribution is 6.17. The molecule has 2 aromatic rings. The van der Waals surface area contributed by atoms with Crippen molar-refractivity contribution >= 4 is 30.0 Å². The summed E-state index contributed by atoms with van der Waals surface area (Å²) in [6, 6.07) is 7.84. The van der Waals surface area contributed by atoms with Crippen molar-refractivity contribution in [1.82, 2.24) is 9.97 Å². The zero-order valence-electron chi connectivity index (χ0n) is 10.4. The summed E-state index contributed by atoms with van der Waals surface area (Å²) in [5.41, 5.74) is 8.71. The average molecular weight is 300 g/mol. The molecule has 0 saturated carbocycles. The third-order valence-corrected chi connectivity index (χ3v) is 3.11. The molecule has 1 aromatic heterocycles. The first-order valence-electron chi connectivity index (χ1n) is 5.59. The highest BCUT2D eigenvalue weighted by Gasteiger charge is 2.07. The van der Waals surface area contributed by atoms with Gasteiger partial charge in [0.2, 0.25) is 5.95 Å². The second-order valence-electron chi connectivity index (χ2n) is 4.14. The van der Waals surface area contributed by atoms with Crippen LogP contribution in [0.25, 0.3) is 0 Å². The number of halogens is 2. The van der Waals surface area contributed by atoms with Crippen LogP contribution < -0.4 is 11.3 Å². The number of aryl methyl sites for hydroxylation is 1. The van der Waals surface area contributed by atoms with Gasteiger partial charge in [0.15, 0.2) is 0 Å². The van der Waals surface area contributed by atoms with Gasteiger partial charge in [0, 0.05) is 17.9 Å². The number of nitrogens with one attached hydrogen (secondary N) is 1. The fourth-order valence-corrected chi connectivity index (χ4v) is 1.97. The number of nitrogens with two attached hydrogens (primary N) is 1. The van der Waals surface area contributed by atoms with Gasteiger partial charge in [-0.15, -0.1) is 24.0 Å². The molecule has 0 fully saturated rings. The van der Waals surface area contributed by atoms with Crippen molar-refractivity contribution in [3.63, 3.8) is 0 Å². The number of hydrogen-bond donors (Lipinski definition) is 2. The molecule has 1 aromatic carbocycles. The number of aromatic nitrogens is 2. The molecule has 0 aliphatic heterocycles. The van der Waals surface area contributed by atoms with Crippen LogP contribution in [0.4, 0.5) is 5.95 Å². The summed E-state index contributed by atoms with van der Waals surface area (Å²) >= 11 is 5.73. The number of H-pyrrole nitrogens is 1. The fraction of sp³-hybridized carbons (Fsp3) is 0.231. The highest BCUT2D eigenvalue weighted by Crippen LogP contribution is 2.11. The van der Waals surface area contributed by atoms with Crippen molar-refractivity contribution in [2.45, 2.75) is 19.2 Å². The minimum Gasteiger partial charge on any atom is -0.369 e. The van der Waals surface area contributed by atoms with Gasteiger partial charge in [0.1, 0.15) is 0 Å². The lowest BCUT2D eigenvalue weighted by Gasteiger charge is -2.05. The summed E-state index contributed by atoms with van der Waals surface area (Å²) in [6.07, 6.45) is 0.539. The van der Waals surface area contributed by atoms with Crippen molar-refractivity contribution < 1.29 is 0 Å². The van der Waals surface area contributed by atoms with Crippen molar-refractivity contribution in [2.75, 3.05) is 5.73 Å². The summed E-state index contributed by atoms with van der Waals surface area (Å²) in [5.74, 6) is 0.641. The molecule has 102 valence electrons. The Kier molecular flexibility index (Phi) is 5.39. The van der Waals surface area contributed by atoms with Crippen molar-refractivity contribution in [2.24, 2.45) is 0 Å². The fourth-order valence-electron chi connectivity index (χ4n) is 1.79. The number of nitrogen functional groups attached to an aromatic ring is 1. The van der Waals surface area contributed by atoms with Crippen LogP contribution in [0.5, 0.6) is 0 Å². The maximum absolute atomic E-state index is 11.8. The van der Waals surface area contributed by atoms with Crippen LogP contribution in [0.2, 0.25) is 0 Å². The SMILES string of the molecule is Cc1nc(N)[nH]c(=O)c1Cc1ccc(CCl)cc1.Cl. The van der Waals surface area contributed by atoms with Crippen LogP contribution in [0.15, 0.2) is 29.1 Å². The molecule has 2 rings (SSSR count). The van der Waals surface area contributed by atoms with Gasteiger partial charge in [-0.1, -0.05) is 24.3 Å². The van der Waals surface area contributed by atoms with Crippen molar-refractivity contribution in [3.05, 3.63) is 57.0 Å². The van der Waals surface area contributed by atoms with E-state index in [1.54, 1.807) is 6.92 Å². The molecule has 0 spiro atoms. The van der Waals surface area contributed by atoms with E-state index in [0.717, 1.165) is 11.1 Å². The van der Waals surface area contributed by atoms with Crippen LogP contribution in [-0.4, -0.2) is 9.97 Å². The first-order chi connectivity index (χ1) is 8.60. The van der Waals surface area contributed by atoms with E-state index in [2.05, 4.69) is 9.97 Å². The Hall–Kier alpha value is -1.52. The largest absolute Gasteiger partial charge is 0.369 e. The number of anilines is 1. The minimum atomic E-state index is -0.179. The van der Waals surface area contributed by atoms with Crippen LogP contribution in [0, 0.1) is 6.92 Å². The zero-order valence-corrected chi connectivity index (χ0v) is 12.0. The van der Waals surface area contributed by atoms with E-state index >= 15 is 0 Å². The Morgan fingerprint density at radius 1 is 1.26 bits per heavy atom. The summed E-state index contributed by atoms with van der Waals surface area (Å²) in [7, 11) is 0. The average Bonchev–Trinajstić information content (AvgIpc) is 2.34. The Morgan fingerprint density at radius 2 is 1.84 bits per heavy atom. The van der Waals surface area contributed by atoms with Crippen LogP contribution >= 0.6 is 24.0 Å². The van der Waals surface area contributed by atoms with E-state index in [1.807, 2.05) is 24.3 Å². The molecule has 0 atom stereocenters. The topological polar surface area (TPSA) is 71.8 Å². The smallest absolute Gasteiger partial charge is 0.256 e. The lowest BCUT2D eigenvalue weighted by Crippen LogP contribution is -2.18. The monoisotopic (exact) mass is 299 g/mol. The molecular weight excluding hydrogens is 285 g/mol. The van der Waals surface area contributed by atoms with Gasteiger partial charge in [-0.25, -0.2) is 4.98 Å². The van der Waals surface area contributed by atoms with E-state index in [-0.39, 0.29) is 23.9 Å². The van der Waals surface area contributed by atoms with Crippen LogP contribution in [-0.2, 0) is 12.3 Å². The third-order valence-electron chi connectivity index (χ3n) is 2.80. The normalized spacial score (nSPS) is 10.0. The molecule has 3 N–H and O–H groups in total.